The van der Waals surface area contributed by atoms with Crippen LogP contribution in [0, 0.1) is 17.8 Å². The summed E-state index contributed by atoms with van der Waals surface area (Å²) < 4.78 is 0. The van der Waals surface area contributed by atoms with E-state index in [9.17, 15) is 0 Å². The standard InChI is InChI=1S/C14H28N2/c1-11-5-6-14(8-12(11)2)16-10-13-4-3-7-15-9-13/h11-16H,3-10H2,1-2H3. The number of nitrogens with one attached hydrogen (secondary N) is 2. The molecule has 2 rings (SSSR count). The fraction of sp³-hybridized carbons (Fsp3) is 1.00. The second kappa shape index (κ2) is 6.02. The van der Waals surface area contributed by atoms with Crippen LogP contribution in [0.5, 0.6) is 0 Å². The Balaban J connectivity index is 1.65. The molecule has 2 nitrogen and oxygen atoms in total. The summed E-state index contributed by atoms with van der Waals surface area (Å²) in [4.78, 5) is 0. The van der Waals surface area contributed by atoms with Gasteiger partial charge in [0, 0.05) is 6.04 Å². The molecule has 2 aliphatic rings. The van der Waals surface area contributed by atoms with Gasteiger partial charge in [-0.15, -0.1) is 0 Å². The van der Waals surface area contributed by atoms with Gasteiger partial charge in [0.05, 0.1) is 0 Å². The Kier molecular flexibility index (Phi) is 4.66. The molecule has 4 unspecified atom stereocenters. The highest BCUT2D eigenvalue weighted by Crippen LogP contribution is 2.29. The van der Waals surface area contributed by atoms with Crippen LogP contribution in [0.4, 0.5) is 0 Å². The van der Waals surface area contributed by atoms with E-state index in [2.05, 4.69) is 24.5 Å². The van der Waals surface area contributed by atoms with Crippen molar-refractivity contribution in [3.8, 4) is 0 Å². The van der Waals surface area contributed by atoms with Gasteiger partial charge in [-0.2, -0.15) is 0 Å². The Labute approximate surface area is 101 Å². The van der Waals surface area contributed by atoms with Gasteiger partial charge in [0.25, 0.3) is 0 Å². The minimum Gasteiger partial charge on any atom is -0.316 e. The molecular formula is C14H28N2. The lowest BCUT2D eigenvalue weighted by Crippen LogP contribution is -2.42. The molecule has 0 aromatic rings. The SMILES string of the molecule is CC1CCC(NCC2CCCNC2)CC1C. The number of piperidine rings is 1. The molecule has 1 aliphatic heterocycles. The normalized spacial score (nSPS) is 40.9. The highest BCUT2D eigenvalue weighted by atomic mass is 14.9. The average Bonchev–Trinajstić information content (AvgIpc) is 2.32. The van der Waals surface area contributed by atoms with E-state index in [0.717, 1.165) is 23.8 Å². The van der Waals surface area contributed by atoms with Crippen molar-refractivity contribution in [2.45, 2.75) is 52.0 Å². The first-order chi connectivity index (χ1) is 7.75. The average molecular weight is 224 g/mol. The van der Waals surface area contributed by atoms with Gasteiger partial charge in [0.15, 0.2) is 0 Å². The van der Waals surface area contributed by atoms with Crippen molar-refractivity contribution in [1.82, 2.24) is 10.6 Å². The lowest BCUT2D eigenvalue weighted by molar-refractivity contribution is 0.216. The second-order valence-electron chi connectivity index (χ2n) is 6.09. The summed E-state index contributed by atoms with van der Waals surface area (Å²) in [5, 5.41) is 7.30. The highest BCUT2D eigenvalue weighted by Gasteiger charge is 2.24. The third kappa shape index (κ3) is 3.46. The van der Waals surface area contributed by atoms with Crippen molar-refractivity contribution in [1.29, 1.82) is 0 Å². The summed E-state index contributed by atoms with van der Waals surface area (Å²) in [5.41, 5.74) is 0. The maximum absolute atomic E-state index is 3.80. The van der Waals surface area contributed by atoms with E-state index in [0.29, 0.717) is 0 Å². The zero-order valence-corrected chi connectivity index (χ0v) is 11.0. The van der Waals surface area contributed by atoms with E-state index in [1.54, 1.807) is 0 Å². The Morgan fingerprint density at radius 2 is 2.00 bits per heavy atom. The lowest BCUT2D eigenvalue weighted by atomic mass is 9.79. The molecule has 94 valence electrons. The molecule has 4 atom stereocenters. The summed E-state index contributed by atoms with van der Waals surface area (Å²) in [6.45, 7) is 8.52. The number of hydrogen-bond acceptors (Lipinski definition) is 2. The first-order valence-electron chi connectivity index (χ1n) is 7.20. The van der Waals surface area contributed by atoms with Gasteiger partial charge in [-0.05, 0) is 69.5 Å². The monoisotopic (exact) mass is 224 g/mol. The van der Waals surface area contributed by atoms with Gasteiger partial charge in [-0.1, -0.05) is 13.8 Å². The van der Waals surface area contributed by atoms with Gasteiger partial charge >= 0.3 is 0 Å². The minimum atomic E-state index is 0.799. The Hall–Kier alpha value is -0.0800. The molecule has 0 bridgehead atoms. The summed E-state index contributed by atoms with van der Waals surface area (Å²) in [6, 6.07) is 0.799. The van der Waals surface area contributed by atoms with Crippen LogP contribution in [0.15, 0.2) is 0 Å². The van der Waals surface area contributed by atoms with E-state index in [4.69, 9.17) is 0 Å². The van der Waals surface area contributed by atoms with Crippen molar-refractivity contribution in [2.75, 3.05) is 19.6 Å². The van der Waals surface area contributed by atoms with E-state index < -0.39 is 0 Å². The van der Waals surface area contributed by atoms with Gasteiger partial charge in [0.2, 0.25) is 0 Å². The van der Waals surface area contributed by atoms with Crippen LogP contribution in [0.1, 0.15) is 46.0 Å². The molecule has 2 fully saturated rings. The van der Waals surface area contributed by atoms with Crippen LogP contribution in [-0.2, 0) is 0 Å². The topological polar surface area (TPSA) is 24.1 Å². The first-order valence-corrected chi connectivity index (χ1v) is 7.20. The van der Waals surface area contributed by atoms with Crippen molar-refractivity contribution >= 4 is 0 Å². The van der Waals surface area contributed by atoms with Crippen molar-refractivity contribution < 1.29 is 0 Å². The van der Waals surface area contributed by atoms with Crippen LogP contribution < -0.4 is 10.6 Å². The zero-order valence-electron chi connectivity index (χ0n) is 11.0. The molecule has 0 spiro atoms. The summed E-state index contributed by atoms with van der Waals surface area (Å²) in [5.74, 6) is 2.73. The third-order valence-corrected chi connectivity index (χ3v) is 4.69. The maximum atomic E-state index is 3.80. The molecule has 0 amide bonds. The highest BCUT2D eigenvalue weighted by molar-refractivity contribution is 4.81. The molecule has 0 radical (unpaired) electrons. The number of rotatable bonds is 3. The van der Waals surface area contributed by atoms with E-state index in [1.165, 1.54) is 51.7 Å². The predicted octanol–water partition coefficient (Wildman–Crippen LogP) is 2.40. The Morgan fingerprint density at radius 1 is 1.12 bits per heavy atom. The van der Waals surface area contributed by atoms with Gasteiger partial charge in [-0.25, -0.2) is 0 Å². The maximum Gasteiger partial charge on any atom is 0.00699 e. The van der Waals surface area contributed by atoms with Crippen molar-refractivity contribution in [2.24, 2.45) is 17.8 Å². The van der Waals surface area contributed by atoms with Crippen LogP contribution in [-0.4, -0.2) is 25.7 Å². The van der Waals surface area contributed by atoms with Crippen molar-refractivity contribution in [3.05, 3.63) is 0 Å². The van der Waals surface area contributed by atoms with Crippen molar-refractivity contribution in [3.63, 3.8) is 0 Å². The molecule has 2 heteroatoms. The molecule has 0 aromatic carbocycles. The summed E-state index contributed by atoms with van der Waals surface area (Å²) >= 11 is 0. The van der Waals surface area contributed by atoms with E-state index in [-0.39, 0.29) is 0 Å². The molecule has 1 saturated carbocycles. The molecular weight excluding hydrogens is 196 g/mol. The van der Waals surface area contributed by atoms with Gasteiger partial charge in [0.1, 0.15) is 0 Å². The molecule has 0 aromatic heterocycles. The molecule has 2 N–H and O–H groups in total. The molecule has 1 saturated heterocycles. The fourth-order valence-corrected chi connectivity index (χ4v) is 3.16. The quantitative estimate of drug-likeness (QED) is 0.769. The Morgan fingerprint density at radius 3 is 2.69 bits per heavy atom. The second-order valence-corrected chi connectivity index (χ2v) is 6.09. The molecule has 16 heavy (non-hydrogen) atoms. The first kappa shape index (κ1) is 12.4. The predicted molar refractivity (Wildman–Crippen MR) is 69.6 cm³/mol. The molecule has 1 heterocycles. The van der Waals surface area contributed by atoms with E-state index >= 15 is 0 Å². The zero-order chi connectivity index (χ0) is 11.4. The van der Waals surface area contributed by atoms with E-state index in [1.807, 2.05) is 0 Å². The van der Waals surface area contributed by atoms with Crippen LogP contribution >= 0.6 is 0 Å². The van der Waals surface area contributed by atoms with Gasteiger partial charge in [-0.3, -0.25) is 0 Å². The smallest absolute Gasteiger partial charge is 0.00699 e. The minimum absolute atomic E-state index is 0.799. The number of hydrogen-bond donors (Lipinski definition) is 2. The van der Waals surface area contributed by atoms with Crippen LogP contribution in [0.3, 0.4) is 0 Å². The van der Waals surface area contributed by atoms with Gasteiger partial charge < -0.3 is 10.6 Å². The fourth-order valence-electron chi connectivity index (χ4n) is 3.16. The third-order valence-electron chi connectivity index (χ3n) is 4.69. The molecule has 1 aliphatic carbocycles. The summed E-state index contributed by atoms with van der Waals surface area (Å²) in [6.07, 6.45) is 6.98. The Bertz CT molecular complexity index is 199. The largest absolute Gasteiger partial charge is 0.316 e. The summed E-state index contributed by atoms with van der Waals surface area (Å²) in [7, 11) is 0. The van der Waals surface area contributed by atoms with Crippen LogP contribution in [0.2, 0.25) is 0 Å². The lowest BCUT2D eigenvalue weighted by Gasteiger charge is -2.34. The van der Waals surface area contributed by atoms with Crippen LogP contribution in [0.25, 0.3) is 0 Å².